The van der Waals surface area contributed by atoms with Gasteiger partial charge in [0, 0.05) is 29.2 Å². The molecule has 0 saturated carbocycles. The van der Waals surface area contributed by atoms with Crippen molar-refractivity contribution in [3.05, 3.63) is 36.0 Å². The van der Waals surface area contributed by atoms with Crippen LogP contribution in [0.1, 0.15) is 51.4 Å². The van der Waals surface area contributed by atoms with Gasteiger partial charge in [0.05, 0.1) is 0 Å². The highest BCUT2D eigenvalue weighted by Gasteiger charge is 2.06. The van der Waals surface area contributed by atoms with Gasteiger partial charge in [0.2, 0.25) is 0 Å². The lowest BCUT2D eigenvalue weighted by atomic mass is 10.1. The van der Waals surface area contributed by atoms with Gasteiger partial charge in [-0.05, 0) is 37.1 Å². The summed E-state index contributed by atoms with van der Waals surface area (Å²) >= 11 is 3.03. The van der Waals surface area contributed by atoms with Crippen molar-refractivity contribution in [2.75, 3.05) is 0 Å². The lowest BCUT2D eigenvalue weighted by molar-refractivity contribution is 0.101. The fourth-order valence-corrected chi connectivity index (χ4v) is 2.04. The first-order chi connectivity index (χ1) is 10.1. The summed E-state index contributed by atoms with van der Waals surface area (Å²) in [5, 5.41) is 5.35. The summed E-state index contributed by atoms with van der Waals surface area (Å²) in [6.07, 6.45) is 3.30. The second-order valence-electron chi connectivity index (χ2n) is 4.81. The van der Waals surface area contributed by atoms with Crippen LogP contribution in [0.3, 0.4) is 0 Å². The molecule has 0 spiro atoms. The summed E-state index contributed by atoms with van der Waals surface area (Å²) in [4.78, 5) is 11.3. The minimum absolute atomic E-state index is 0.126. The molecule has 1 heterocycles. The Morgan fingerprint density at radius 1 is 1.29 bits per heavy atom. The van der Waals surface area contributed by atoms with Gasteiger partial charge < -0.3 is 4.57 Å². The maximum absolute atomic E-state index is 11.3. The summed E-state index contributed by atoms with van der Waals surface area (Å²) < 4.78 is 2.27. The number of fused-ring (bicyclic) bond motifs is 1. The lowest BCUT2D eigenvalue weighted by Gasteiger charge is -2.11. The van der Waals surface area contributed by atoms with E-state index in [1.54, 1.807) is 6.92 Å². The number of carbonyl (C=O) groups excluding carboxylic acids is 1. The summed E-state index contributed by atoms with van der Waals surface area (Å²) in [6.45, 7) is 11.1. The number of hydrogen-bond donors (Lipinski definition) is 2. The molecule has 0 fully saturated rings. The molecular weight excluding hydrogens is 280 g/mol. The van der Waals surface area contributed by atoms with Gasteiger partial charge in [0.1, 0.15) is 0 Å². The Balaban J connectivity index is 0.000000921. The molecule has 2 N–H and O–H groups in total. The lowest BCUT2D eigenvalue weighted by Crippen LogP contribution is -2.05. The van der Waals surface area contributed by atoms with Crippen LogP contribution >= 0.6 is 12.8 Å². The first-order valence-corrected chi connectivity index (χ1v) is 7.99. The number of Topliss-reactive ketones (excluding diaryl/α,β-unsaturated/α-hetero) is 1. The minimum Gasteiger partial charge on any atom is -0.347 e. The van der Waals surface area contributed by atoms with E-state index in [1.807, 2.05) is 26.0 Å². The van der Waals surface area contributed by atoms with Crippen LogP contribution in [-0.4, -0.2) is 10.4 Å². The number of hydrogen-bond acceptors (Lipinski definition) is 3. The molecule has 2 rings (SSSR count). The number of benzene rings is 1. The van der Waals surface area contributed by atoms with E-state index >= 15 is 0 Å². The minimum atomic E-state index is 0.126. The highest BCUT2D eigenvalue weighted by molar-refractivity contribution is 7.77. The predicted molar refractivity (Wildman–Crippen MR) is 95.9 cm³/mol. The standard InChI is InChI=1S/C15H19NO.C2H6.H3NS/c1-4-11(2)10-16-8-7-14-9-13(12(3)17)5-6-15(14)16;2*1-2/h5-9,11H,4,10H2,1-3H3;1-2H3;2H,1H2. The average molecular weight is 308 g/mol. The van der Waals surface area contributed by atoms with Gasteiger partial charge >= 0.3 is 0 Å². The highest BCUT2D eigenvalue weighted by Crippen LogP contribution is 2.19. The van der Waals surface area contributed by atoms with E-state index in [0.29, 0.717) is 5.92 Å². The van der Waals surface area contributed by atoms with Crippen LogP contribution in [0.25, 0.3) is 10.9 Å². The summed E-state index contributed by atoms with van der Waals surface area (Å²) in [7, 11) is 0. The molecular formula is C17H28N2OS. The third-order valence-corrected chi connectivity index (χ3v) is 3.38. The van der Waals surface area contributed by atoms with Crippen molar-refractivity contribution in [2.24, 2.45) is 11.1 Å². The third-order valence-electron chi connectivity index (χ3n) is 3.38. The number of carbonyl (C=O) groups is 1. The first kappa shape index (κ1) is 19.7. The van der Waals surface area contributed by atoms with E-state index in [2.05, 4.69) is 54.7 Å². The molecule has 0 aliphatic carbocycles. The van der Waals surface area contributed by atoms with Crippen LogP contribution in [0.2, 0.25) is 0 Å². The molecule has 0 bridgehead atoms. The number of nitrogens with zero attached hydrogens (tertiary/aromatic N) is 1. The maximum atomic E-state index is 11.3. The van der Waals surface area contributed by atoms with Gasteiger partial charge in [-0.1, -0.05) is 34.1 Å². The van der Waals surface area contributed by atoms with E-state index in [4.69, 9.17) is 0 Å². The van der Waals surface area contributed by atoms with Crippen molar-refractivity contribution < 1.29 is 4.79 Å². The first-order valence-electron chi connectivity index (χ1n) is 7.47. The topological polar surface area (TPSA) is 48.0 Å². The molecule has 4 heteroatoms. The van der Waals surface area contributed by atoms with E-state index in [-0.39, 0.29) is 5.78 Å². The molecule has 0 radical (unpaired) electrons. The smallest absolute Gasteiger partial charge is 0.159 e. The van der Waals surface area contributed by atoms with E-state index < -0.39 is 0 Å². The largest absolute Gasteiger partial charge is 0.347 e. The van der Waals surface area contributed by atoms with Crippen LogP contribution in [0.5, 0.6) is 0 Å². The summed E-state index contributed by atoms with van der Waals surface area (Å²) in [5.41, 5.74) is 2.01. The Bertz CT molecular complexity index is 549. The van der Waals surface area contributed by atoms with Crippen LogP contribution in [0.15, 0.2) is 30.5 Å². The van der Waals surface area contributed by atoms with Crippen molar-refractivity contribution >= 4 is 29.5 Å². The van der Waals surface area contributed by atoms with Crippen molar-refractivity contribution in [1.29, 1.82) is 0 Å². The van der Waals surface area contributed by atoms with Crippen molar-refractivity contribution in [1.82, 2.24) is 4.57 Å². The van der Waals surface area contributed by atoms with E-state index in [0.717, 1.165) is 17.5 Å². The average Bonchev–Trinajstić information content (AvgIpc) is 2.93. The Labute approximate surface area is 134 Å². The normalized spacial score (nSPS) is 11.0. The fraction of sp³-hybridized carbons (Fsp3) is 0.471. The molecule has 0 amide bonds. The second kappa shape index (κ2) is 10.5. The molecule has 1 aromatic carbocycles. The number of thiol groups is 1. The molecule has 118 valence electrons. The summed E-state index contributed by atoms with van der Waals surface area (Å²) in [6, 6.07) is 8.03. The summed E-state index contributed by atoms with van der Waals surface area (Å²) in [5.74, 6) is 0.805. The van der Waals surface area contributed by atoms with Crippen LogP contribution < -0.4 is 5.14 Å². The van der Waals surface area contributed by atoms with E-state index in [1.165, 1.54) is 11.9 Å². The van der Waals surface area contributed by atoms with Crippen LogP contribution in [0, 0.1) is 5.92 Å². The van der Waals surface area contributed by atoms with Crippen LogP contribution in [0.4, 0.5) is 0 Å². The van der Waals surface area contributed by atoms with Gasteiger partial charge in [-0.25, -0.2) is 0 Å². The second-order valence-corrected chi connectivity index (χ2v) is 4.81. The van der Waals surface area contributed by atoms with Crippen molar-refractivity contribution in [3.8, 4) is 0 Å². The van der Waals surface area contributed by atoms with E-state index in [9.17, 15) is 4.79 Å². The van der Waals surface area contributed by atoms with Crippen molar-refractivity contribution in [2.45, 2.75) is 47.6 Å². The number of rotatable bonds is 4. The zero-order chi connectivity index (χ0) is 16.4. The van der Waals surface area contributed by atoms with Crippen molar-refractivity contribution in [3.63, 3.8) is 0 Å². The monoisotopic (exact) mass is 308 g/mol. The van der Waals surface area contributed by atoms with Gasteiger partial charge in [-0.15, -0.1) is 12.8 Å². The molecule has 0 saturated heterocycles. The Kier molecular flexibility index (Phi) is 9.84. The Hall–Kier alpha value is -1.26. The molecule has 1 atom stereocenters. The number of aromatic nitrogens is 1. The Morgan fingerprint density at radius 3 is 2.43 bits per heavy atom. The molecule has 21 heavy (non-hydrogen) atoms. The third kappa shape index (κ3) is 5.56. The predicted octanol–water partition coefficient (Wildman–Crippen LogP) is 4.71. The molecule has 2 aromatic rings. The van der Waals surface area contributed by atoms with Crippen LogP contribution in [-0.2, 0) is 6.54 Å². The quantitative estimate of drug-likeness (QED) is 0.635. The number of ketones is 1. The van der Waals surface area contributed by atoms with Gasteiger partial charge in [-0.3, -0.25) is 9.93 Å². The molecule has 0 aliphatic rings. The maximum Gasteiger partial charge on any atom is 0.159 e. The van der Waals surface area contributed by atoms with Gasteiger partial charge in [-0.2, -0.15) is 0 Å². The van der Waals surface area contributed by atoms with Gasteiger partial charge in [0.15, 0.2) is 5.78 Å². The molecule has 3 nitrogen and oxygen atoms in total. The SMILES string of the molecule is CC.CCC(C)Cn1ccc2cc(C(C)=O)ccc21.NS. The zero-order valence-electron chi connectivity index (χ0n) is 13.8. The highest BCUT2D eigenvalue weighted by atomic mass is 32.1. The fourth-order valence-electron chi connectivity index (χ4n) is 2.04. The zero-order valence-corrected chi connectivity index (χ0v) is 14.7. The molecule has 1 aromatic heterocycles. The molecule has 0 aliphatic heterocycles. The Morgan fingerprint density at radius 2 is 1.90 bits per heavy atom. The molecule has 1 unspecified atom stereocenters. The number of nitrogens with two attached hydrogens (primary N) is 1. The van der Waals surface area contributed by atoms with Gasteiger partial charge in [0.25, 0.3) is 0 Å².